The van der Waals surface area contributed by atoms with Crippen LogP contribution in [0.15, 0.2) is 48.7 Å². The van der Waals surface area contributed by atoms with Crippen molar-refractivity contribution >= 4 is 10.8 Å². The first-order valence-electron chi connectivity index (χ1n) is 9.07. The largest absolute Gasteiger partial charge is 0.256 e. The number of rotatable bonds is 2. The van der Waals surface area contributed by atoms with Crippen LogP contribution in [0.1, 0.15) is 40.2 Å². The van der Waals surface area contributed by atoms with Gasteiger partial charge in [0.25, 0.3) is 0 Å². The smallest absolute Gasteiger partial charge is 0.0780 e. The van der Waals surface area contributed by atoms with Crippen LogP contribution in [0.5, 0.6) is 0 Å². The summed E-state index contributed by atoms with van der Waals surface area (Å²) >= 11 is 0. The van der Waals surface area contributed by atoms with Gasteiger partial charge in [-0.15, -0.1) is 0 Å². The molecule has 0 aliphatic heterocycles. The number of benzene rings is 2. The lowest BCUT2D eigenvalue weighted by molar-refractivity contribution is 0.411. The van der Waals surface area contributed by atoms with Crippen molar-refractivity contribution in [2.45, 2.75) is 41.0 Å². The van der Waals surface area contributed by atoms with Crippen LogP contribution in [0.2, 0.25) is 0 Å². The molecule has 3 aromatic rings. The topological polar surface area (TPSA) is 12.9 Å². The van der Waals surface area contributed by atoms with Gasteiger partial charge in [-0.3, -0.25) is 4.98 Å². The third-order valence-corrected chi connectivity index (χ3v) is 3.78. The Hall–Kier alpha value is -2.15. The maximum absolute atomic E-state index is 8.52. The van der Waals surface area contributed by atoms with E-state index in [-0.39, 0.29) is 0 Å². The molecule has 0 N–H and O–H groups in total. The van der Waals surface area contributed by atoms with Gasteiger partial charge in [-0.05, 0) is 54.8 Å². The zero-order valence-corrected chi connectivity index (χ0v) is 14.6. The second-order valence-corrected chi connectivity index (χ2v) is 7.35. The first-order valence-corrected chi connectivity index (χ1v) is 8.07. The van der Waals surface area contributed by atoms with Gasteiger partial charge in [-0.25, -0.2) is 0 Å². The van der Waals surface area contributed by atoms with Crippen LogP contribution in [0.4, 0.5) is 0 Å². The monoisotopic (exact) mass is 305 g/mol. The Morgan fingerprint density at radius 3 is 2.30 bits per heavy atom. The first-order chi connectivity index (χ1) is 11.6. The lowest BCUT2D eigenvalue weighted by Gasteiger charge is -2.18. The summed E-state index contributed by atoms with van der Waals surface area (Å²) < 4.78 is 17.0. The number of hydrogen-bond donors (Lipinski definition) is 0. The van der Waals surface area contributed by atoms with Gasteiger partial charge in [0, 0.05) is 19.9 Å². The lowest BCUT2D eigenvalue weighted by atomic mass is 9.87. The Balaban J connectivity index is 2.19. The standard InChI is InChI=1S/C22H25N/c1-15-10-16(2)12-19(11-15)21-20-7-6-17(14-22(3,4)5)13-18(20)8-9-23-21/h6-13H,14H2,1-5H3/i14D2. The van der Waals surface area contributed by atoms with Gasteiger partial charge >= 0.3 is 0 Å². The predicted molar refractivity (Wildman–Crippen MR) is 99.8 cm³/mol. The van der Waals surface area contributed by atoms with Crippen molar-refractivity contribution in [2.24, 2.45) is 5.41 Å². The van der Waals surface area contributed by atoms with Crippen LogP contribution in [0.25, 0.3) is 22.0 Å². The van der Waals surface area contributed by atoms with Crippen molar-refractivity contribution < 1.29 is 2.74 Å². The predicted octanol–water partition coefficient (Wildman–Crippen LogP) is 6.11. The molecule has 0 bridgehead atoms. The normalized spacial score (nSPS) is 13.8. The number of aryl methyl sites for hydroxylation is 2. The zero-order valence-electron chi connectivity index (χ0n) is 16.6. The fourth-order valence-corrected chi connectivity index (χ4v) is 3.03. The second kappa shape index (κ2) is 5.81. The molecule has 23 heavy (non-hydrogen) atoms. The van der Waals surface area contributed by atoms with Crippen LogP contribution >= 0.6 is 0 Å². The average Bonchev–Trinajstić information content (AvgIpc) is 2.51. The second-order valence-electron chi connectivity index (χ2n) is 7.35. The third-order valence-electron chi connectivity index (χ3n) is 3.78. The van der Waals surface area contributed by atoms with Gasteiger partial charge in [0.05, 0.1) is 5.69 Å². The number of fused-ring (bicyclic) bond motifs is 1. The number of nitrogens with zero attached hydrogens (tertiary/aromatic N) is 1. The highest BCUT2D eigenvalue weighted by Crippen LogP contribution is 2.30. The summed E-state index contributed by atoms with van der Waals surface area (Å²) in [5.74, 6) is 0. The van der Waals surface area contributed by atoms with E-state index in [0.717, 1.165) is 22.0 Å². The van der Waals surface area contributed by atoms with Crippen molar-refractivity contribution in [1.29, 1.82) is 0 Å². The molecule has 0 saturated carbocycles. The third kappa shape index (κ3) is 3.61. The highest BCUT2D eigenvalue weighted by Gasteiger charge is 2.12. The maximum Gasteiger partial charge on any atom is 0.0780 e. The van der Waals surface area contributed by atoms with Crippen LogP contribution in [-0.2, 0) is 6.37 Å². The van der Waals surface area contributed by atoms with Gasteiger partial charge in [0.2, 0.25) is 0 Å². The van der Waals surface area contributed by atoms with Crippen molar-refractivity contribution in [3.05, 3.63) is 65.4 Å². The molecule has 118 valence electrons. The minimum absolute atomic E-state index is 0.468. The molecule has 0 saturated heterocycles. The van der Waals surface area contributed by atoms with E-state index < -0.39 is 11.8 Å². The highest BCUT2D eigenvalue weighted by atomic mass is 14.7. The quantitative estimate of drug-likeness (QED) is 0.557. The van der Waals surface area contributed by atoms with Crippen molar-refractivity contribution in [3.63, 3.8) is 0 Å². The molecule has 0 radical (unpaired) electrons. The molecular weight excluding hydrogens is 278 g/mol. The molecule has 1 nitrogen and oxygen atoms in total. The summed E-state index contributed by atoms with van der Waals surface area (Å²) in [4.78, 5) is 4.61. The molecule has 0 aliphatic rings. The van der Waals surface area contributed by atoms with E-state index in [4.69, 9.17) is 2.74 Å². The summed E-state index contributed by atoms with van der Waals surface area (Å²) in [5, 5.41) is 2.08. The van der Waals surface area contributed by atoms with E-state index in [9.17, 15) is 0 Å². The summed E-state index contributed by atoms with van der Waals surface area (Å²) in [6, 6.07) is 14.3. The van der Waals surface area contributed by atoms with Gasteiger partial charge in [-0.2, -0.15) is 0 Å². The van der Waals surface area contributed by atoms with Crippen LogP contribution in [0.3, 0.4) is 0 Å². The fraction of sp³-hybridized carbons (Fsp3) is 0.318. The molecule has 2 aromatic carbocycles. The molecule has 1 aromatic heterocycles. The van der Waals surface area contributed by atoms with E-state index in [1.54, 1.807) is 0 Å². The van der Waals surface area contributed by atoms with Crippen molar-refractivity contribution in [2.75, 3.05) is 0 Å². The zero-order chi connectivity index (χ0) is 18.4. The molecule has 1 heterocycles. The molecule has 1 heteroatoms. The summed E-state index contributed by atoms with van der Waals surface area (Å²) in [6.45, 7) is 10.00. The number of pyridine rings is 1. The summed E-state index contributed by atoms with van der Waals surface area (Å²) in [5.41, 5.74) is 4.74. The Kier molecular flexibility index (Phi) is 3.36. The van der Waals surface area contributed by atoms with E-state index >= 15 is 0 Å². The molecule has 0 spiro atoms. The van der Waals surface area contributed by atoms with Gasteiger partial charge in [0.1, 0.15) is 0 Å². The lowest BCUT2D eigenvalue weighted by Crippen LogP contribution is -2.08. The molecule has 0 atom stereocenters. The Morgan fingerprint density at radius 1 is 0.957 bits per heavy atom. The molecule has 0 amide bonds. The van der Waals surface area contributed by atoms with Crippen molar-refractivity contribution in [3.8, 4) is 11.3 Å². The Morgan fingerprint density at radius 2 is 1.65 bits per heavy atom. The Bertz CT molecular complexity index is 916. The summed E-state index contributed by atoms with van der Waals surface area (Å²) in [7, 11) is 0. The van der Waals surface area contributed by atoms with Crippen LogP contribution < -0.4 is 0 Å². The Labute approximate surface area is 142 Å². The number of aromatic nitrogens is 1. The minimum atomic E-state index is -1.40. The van der Waals surface area contributed by atoms with Gasteiger partial charge in [-0.1, -0.05) is 56.2 Å². The summed E-state index contributed by atoms with van der Waals surface area (Å²) in [6.07, 6.45) is 0.413. The van der Waals surface area contributed by atoms with E-state index in [0.29, 0.717) is 5.56 Å². The SMILES string of the molecule is [2H]C([2H])(c1ccc2c(-c3cc(C)cc(C)c3)nccc2c1)C(C)(C)C. The van der Waals surface area contributed by atoms with Crippen molar-refractivity contribution in [1.82, 2.24) is 4.98 Å². The van der Waals surface area contributed by atoms with E-state index in [2.05, 4.69) is 37.0 Å². The van der Waals surface area contributed by atoms with E-state index in [1.165, 1.54) is 11.1 Å². The fourth-order valence-electron chi connectivity index (χ4n) is 3.03. The number of hydrogen-bond acceptors (Lipinski definition) is 1. The molecule has 3 rings (SSSR count). The molecule has 0 aliphatic carbocycles. The van der Waals surface area contributed by atoms with E-state index in [1.807, 2.05) is 51.2 Å². The van der Waals surface area contributed by atoms with Gasteiger partial charge in [0.15, 0.2) is 0 Å². The molecule has 0 unspecified atom stereocenters. The molecule has 0 fully saturated rings. The highest BCUT2D eigenvalue weighted by molar-refractivity contribution is 5.95. The first kappa shape index (κ1) is 13.3. The minimum Gasteiger partial charge on any atom is -0.256 e. The molecular formula is C22H25N. The van der Waals surface area contributed by atoms with Crippen LogP contribution in [0, 0.1) is 19.3 Å². The maximum atomic E-state index is 8.52. The van der Waals surface area contributed by atoms with Crippen LogP contribution in [-0.4, -0.2) is 4.98 Å². The van der Waals surface area contributed by atoms with Gasteiger partial charge < -0.3 is 0 Å². The average molecular weight is 305 g/mol.